The van der Waals surface area contributed by atoms with Gasteiger partial charge < -0.3 is 10.2 Å². The van der Waals surface area contributed by atoms with Gasteiger partial charge in [-0.05, 0) is 24.6 Å². The maximum atomic E-state index is 13.5. The van der Waals surface area contributed by atoms with E-state index in [0.717, 1.165) is 25.2 Å². The summed E-state index contributed by atoms with van der Waals surface area (Å²) in [5.74, 6) is -0.124. The molecule has 4 heteroatoms. The number of thiophene rings is 1. The van der Waals surface area contributed by atoms with Crippen molar-refractivity contribution in [2.45, 2.75) is 13.1 Å². The summed E-state index contributed by atoms with van der Waals surface area (Å²) in [6.07, 6.45) is 0. The highest BCUT2D eigenvalue weighted by molar-refractivity contribution is 7.09. The molecule has 0 unspecified atom stereocenters. The maximum Gasteiger partial charge on any atom is 0.127 e. The average Bonchev–Trinajstić information content (AvgIpc) is 2.91. The summed E-state index contributed by atoms with van der Waals surface area (Å²) in [5.41, 5.74) is 0.753. The van der Waals surface area contributed by atoms with Crippen molar-refractivity contribution >= 4 is 11.3 Å². The third-order valence-electron chi connectivity index (χ3n) is 2.95. The predicted octanol–water partition coefficient (Wildman–Crippen LogP) is 3.11. The van der Waals surface area contributed by atoms with E-state index < -0.39 is 0 Å². The topological polar surface area (TPSA) is 15.3 Å². The zero-order chi connectivity index (χ0) is 13.5. The fourth-order valence-electron chi connectivity index (χ4n) is 1.89. The molecule has 102 valence electrons. The zero-order valence-electron chi connectivity index (χ0n) is 11.1. The van der Waals surface area contributed by atoms with Crippen molar-refractivity contribution in [2.75, 3.05) is 20.1 Å². The van der Waals surface area contributed by atoms with Crippen LogP contribution in [0, 0.1) is 5.82 Å². The lowest BCUT2D eigenvalue weighted by Crippen LogP contribution is -2.28. The first-order valence-electron chi connectivity index (χ1n) is 6.41. The van der Waals surface area contributed by atoms with E-state index >= 15 is 0 Å². The van der Waals surface area contributed by atoms with E-state index in [2.05, 4.69) is 27.7 Å². The number of hydrogen-bond donors (Lipinski definition) is 1. The van der Waals surface area contributed by atoms with Crippen LogP contribution < -0.4 is 5.32 Å². The molecule has 0 radical (unpaired) electrons. The largest absolute Gasteiger partial charge is 0.311 e. The Morgan fingerprint density at radius 1 is 1.21 bits per heavy atom. The van der Waals surface area contributed by atoms with E-state index in [4.69, 9.17) is 0 Å². The van der Waals surface area contributed by atoms with Crippen LogP contribution in [-0.2, 0) is 13.1 Å². The number of halogens is 1. The third-order valence-corrected chi connectivity index (χ3v) is 3.82. The second-order valence-electron chi connectivity index (χ2n) is 4.59. The van der Waals surface area contributed by atoms with E-state index in [1.54, 1.807) is 17.4 Å². The van der Waals surface area contributed by atoms with Crippen LogP contribution in [-0.4, -0.2) is 25.0 Å². The van der Waals surface area contributed by atoms with Crippen LogP contribution in [0.1, 0.15) is 10.4 Å². The summed E-state index contributed by atoms with van der Waals surface area (Å²) in [5, 5.41) is 5.48. The monoisotopic (exact) mass is 278 g/mol. The summed E-state index contributed by atoms with van der Waals surface area (Å²) in [4.78, 5) is 3.47. The lowest BCUT2D eigenvalue weighted by Gasteiger charge is -2.17. The molecule has 2 rings (SSSR count). The van der Waals surface area contributed by atoms with Crippen molar-refractivity contribution in [3.05, 3.63) is 58.0 Å². The van der Waals surface area contributed by atoms with Gasteiger partial charge in [0.25, 0.3) is 0 Å². The molecule has 0 bridgehead atoms. The molecule has 0 spiro atoms. The number of benzene rings is 1. The van der Waals surface area contributed by atoms with Gasteiger partial charge in [-0.3, -0.25) is 0 Å². The Bertz CT molecular complexity index is 485. The number of rotatable bonds is 7. The van der Waals surface area contributed by atoms with Gasteiger partial charge in [0.1, 0.15) is 5.82 Å². The van der Waals surface area contributed by atoms with Gasteiger partial charge in [0.15, 0.2) is 0 Å². The minimum absolute atomic E-state index is 0.124. The van der Waals surface area contributed by atoms with Crippen molar-refractivity contribution in [3.63, 3.8) is 0 Å². The average molecular weight is 278 g/mol. The van der Waals surface area contributed by atoms with Gasteiger partial charge in [-0.2, -0.15) is 0 Å². The molecule has 0 amide bonds. The molecule has 0 saturated carbocycles. The predicted molar refractivity (Wildman–Crippen MR) is 78.8 cm³/mol. The highest BCUT2D eigenvalue weighted by Gasteiger charge is 2.04. The minimum atomic E-state index is -0.124. The molecule has 2 aromatic rings. The second kappa shape index (κ2) is 7.38. The first-order chi connectivity index (χ1) is 9.25. The Morgan fingerprint density at radius 3 is 2.79 bits per heavy atom. The molecule has 2 nitrogen and oxygen atoms in total. The molecule has 19 heavy (non-hydrogen) atoms. The molecule has 0 atom stereocenters. The molecular weight excluding hydrogens is 259 g/mol. The standard InChI is InChI=1S/C15H19FN2S/c1-18(12-13-5-2-3-7-15(13)16)9-8-17-11-14-6-4-10-19-14/h2-7,10,17H,8-9,11-12H2,1H3. The quantitative estimate of drug-likeness (QED) is 0.783. The smallest absolute Gasteiger partial charge is 0.127 e. The van der Waals surface area contributed by atoms with Crippen molar-refractivity contribution < 1.29 is 4.39 Å². The molecule has 1 heterocycles. The molecular formula is C15H19FN2S. The Balaban J connectivity index is 1.67. The first kappa shape index (κ1) is 14.2. The molecule has 0 saturated heterocycles. The van der Waals surface area contributed by atoms with Gasteiger partial charge in [-0.1, -0.05) is 24.3 Å². The van der Waals surface area contributed by atoms with E-state index in [9.17, 15) is 4.39 Å². The normalized spacial score (nSPS) is 11.1. The number of likely N-dealkylation sites (N-methyl/N-ethyl adjacent to an activating group) is 1. The summed E-state index contributed by atoms with van der Waals surface area (Å²) >= 11 is 1.76. The maximum absolute atomic E-state index is 13.5. The summed E-state index contributed by atoms with van der Waals surface area (Å²) in [6, 6.07) is 11.1. The molecule has 0 aliphatic heterocycles. The fraction of sp³-hybridized carbons (Fsp3) is 0.333. The van der Waals surface area contributed by atoms with Crippen LogP contribution >= 0.6 is 11.3 Å². The lowest BCUT2D eigenvalue weighted by molar-refractivity contribution is 0.319. The molecule has 0 aliphatic carbocycles. The van der Waals surface area contributed by atoms with Gasteiger partial charge in [-0.25, -0.2) is 4.39 Å². The Kier molecular flexibility index (Phi) is 5.51. The molecule has 1 N–H and O–H groups in total. The van der Waals surface area contributed by atoms with Crippen LogP contribution in [0.4, 0.5) is 4.39 Å². The molecule has 0 aliphatic rings. The highest BCUT2D eigenvalue weighted by Crippen LogP contribution is 2.09. The van der Waals surface area contributed by atoms with Gasteiger partial charge in [0, 0.05) is 36.6 Å². The van der Waals surface area contributed by atoms with Crippen molar-refractivity contribution in [1.82, 2.24) is 10.2 Å². The minimum Gasteiger partial charge on any atom is -0.311 e. The van der Waals surface area contributed by atoms with Crippen LogP contribution in [0.3, 0.4) is 0 Å². The van der Waals surface area contributed by atoms with Gasteiger partial charge in [-0.15, -0.1) is 11.3 Å². The second-order valence-corrected chi connectivity index (χ2v) is 5.62. The molecule has 1 aromatic heterocycles. The van der Waals surface area contributed by atoms with E-state index in [1.165, 1.54) is 10.9 Å². The van der Waals surface area contributed by atoms with Crippen molar-refractivity contribution in [1.29, 1.82) is 0 Å². The van der Waals surface area contributed by atoms with Crippen LogP contribution in [0.25, 0.3) is 0 Å². The Morgan fingerprint density at radius 2 is 2.05 bits per heavy atom. The highest BCUT2D eigenvalue weighted by atomic mass is 32.1. The van der Waals surface area contributed by atoms with Gasteiger partial charge >= 0.3 is 0 Å². The van der Waals surface area contributed by atoms with Crippen molar-refractivity contribution in [2.24, 2.45) is 0 Å². The lowest BCUT2D eigenvalue weighted by atomic mass is 10.2. The SMILES string of the molecule is CN(CCNCc1cccs1)Cc1ccccc1F. The van der Waals surface area contributed by atoms with Crippen molar-refractivity contribution in [3.8, 4) is 0 Å². The Hall–Kier alpha value is -1.23. The molecule has 0 fully saturated rings. The van der Waals surface area contributed by atoms with Crippen LogP contribution in [0.2, 0.25) is 0 Å². The molecule has 1 aromatic carbocycles. The van der Waals surface area contributed by atoms with Crippen LogP contribution in [0.5, 0.6) is 0 Å². The van der Waals surface area contributed by atoms with Crippen LogP contribution in [0.15, 0.2) is 41.8 Å². The number of nitrogens with one attached hydrogen (secondary N) is 1. The zero-order valence-corrected chi connectivity index (χ0v) is 11.9. The first-order valence-corrected chi connectivity index (χ1v) is 7.29. The summed E-state index contributed by atoms with van der Waals surface area (Å²) in [6.45, 7) is 3.36. The fourth-order valence-corrected chi connectivity index (χ4v) is 2.57. The van der Waals surface area contributed by atoms with E-state index in [0.29, 0.717) is 6.54 Å². The summed E-state index contributed by atoms with van der Waals surface area (Å²) in [7, 11) is 2.01. The number of hydrogen-bond acceptors (Lipinski definition) is 3. The van der Waals surface area contributed by atoms with E-state index in [1.807, 2.05) is 19.2 Å². The van der Waals surface area contributed by atoms with Gasteiger partial charge in [0.05, 0.1) is 0 Å². The third kappa shape index (κ3) is 4.74. The van der Waals surface area contributed by atoms with Gasteiger partial charge in [0.2, 0.25) is 0 Å². The Labute approximate surface area is 117 Å². The number of nitrogens with zero attached hydrogens (tertiary/aromatic N) is 1. The summed E-state index contributed by atoms with van der Waals surface area (Å²) < 4.78 is 13.5. The van der Waals surface area contributed by atoms with E-state index in [-0.39, 0.29) is 5.82 Å².